The number of halogens is 2. The van der Waals surface area contributed by atoms with E-state index in [0.29, 0.717) is 6.07 Å². The molecule has 0 bridgehead atoms. The second kappa shape index (κ2) is 7.10. The summed E-state index contributed by atoms with van der Waals surface area (Å²) in [6, 6.07) is 1.94. The van der Waals surface area contributed by atoms with Gasteiger partial charge < -0.3 is 5.73 Å². The van der Waals surface area contributed by atoms with Gasteiger partial charge in [0.05, 0.1) is 0 Å². The number of benzene rings is 1. The van der Waals surface area contributed by atoms with Crippen molar-refractivity contribution in [2.24, 2.45) is 11.7 Å². The van der Waals surface area contributed by atoms with E-state index in [1.807, 2.05) is 13.8 Å². The molecule has 0 saturated carbocycles. The maximum atomic E-state index is 13.5. The van der Waals surface area contributed by atoms with Gasteiger partial charge in [0.25, 0.3) is 0 Å². The van der Waals surface area contributed by atoms with Gasteiger partial charge in [-0.3, -0.25) is 0 Å². The maximum Gasteiger partial charge on any atom is 0.243 e. The Morgan fingerprint density at radius 3 is 2.40 bits per heavy atom. The number of rotatable bonds is 7. The van der Waals surface area contributed by atoms with E-state index in [2.05, 4.69) is 4.72 Å². The first-order valence-corrected chi connectivity index (χ1v) is 8.00. The van der Waals surface area contributed by atoms with Crippen molar-refractivity contribution in [1.82, 2.24) is 4.72 Å². The van der Waals surface area contributed by atoms with Crippen molar-refractivity contribution in [3.05, 3.63) is 29.8 Å². The standard InChI is InChI=1S/C13H20F2N2O2S/c1-3-9(4-2)12(16)8-17-20(18,19)13-7-10(14)5-6-11(13)15/h5-7,9,12,17H,3-4,8,16H2,1-2H3. The molecule has 1 aromatic rings. The summed E-state index contributed by atoms with van der Waals surface area (Å²) in [7, 11) is -4.10. The highest BCUT2D eigenvalue weighted by Crippen LogP contribution is 2.16. The Morgan fingerprint density at radius 1 is 1.25 bits per heavy atom. The first-order valence-electron chi connectivity index (χ1n) is 6.52. The van der Waals surface area contributed by atoms with E-state index in [1.165, 1.54) is 0 Å². The Morgan fingerprint density at radius 2 is 1.85 bits per heavy atom. The third-order valence-electron chi connectivity index (χ3n) is 3.35. The van der Waals surface area contributed by atoms with Gasteiger partial charge in [0.2, 0.25) is 10.0 Å². The summed E-state index contributed by atoms with van der Waals surface area (Å²) in [6.07, 6.45) is 1.65. The molecular formula is C13H20F2N2O2S. The van der Waals surface area contributed by atoms with Gasteiger partial charge in [-0.25, -0.2) is 21.9 Å². The minimum Gasteiger partial charge on any atom is -0.326 e. The van der Waals surface area contributed by atoms with Crippen LogP contribution in [0.1, 0.15) is 26.7 Å². The van der Waals surface area contributed by atoms with Crippen LogP contribution in [0, 0.1) is 17.6 Å². The van der Waals surface area contributed by atoms with Crippen LogP contribution < -0.4 is 10.5 Å². The first-order chi connectivity index (χ1) is 9.31. The number of sulfonamides is 1. The Bertz CT molecular complexity index is 545. The van der Waals surface area contributed by atoms with Crippen molar-refractivity contribution in [3.8, 4) is 0 Å². The molecule has 0 saturated heterocycles. The molecule has 0 aromatic heterocycles. The zero-order valence-corrected chi connectivity index (χ0v) is 12.4. The summed E-state index contributed by atoms with van der Waals surface area (Å²) in [6.45, 7) is 3.92. The quantitative estimate of drug-likeness (QED) is 0.809. The van der Waals surface area contributed by atoms with Gasteiger partial charge in [-0.2, -0.15) is 0 Å². The fourth-order valence-electron chi connectivity index (χ4n) is 2.03. The predicted octanol–water partition coefficient (Wildman–Crippen LogP) is 2.01. The molecular weight excluding hydrogens is 286 g/mol. The normalized spacial score (nSPS) is 13.7. The molecule has 0 heterocycles. The second-order valence-corrected chi connectivity index (χ2v) is 6.40. The predicted molar refractivity (Wildman–Crippen MR) is 73.6 cm³/mol. The van der Waals surface area contributed by atoms with Crippen LogP contribution in [0.25, 0.3) is 0 Å². The van der Waals surface area contributed by atoms with Gasteiger partial charge in [0.15, 0.2) is 0 Å². The number of hydrogen-bond acceptors (Lipinski definition) is 3. The fraction of sp³-hybridized carbons (Fsp3) is 0.538. The van der Waals surface area contributed by atoms with Crippen molar-refractivity contribution >= 4 is 10.0 Å². The Labute approximate surface area is 118 Å². The highest BCUT2D eigenvalue weighted by Gasteiger charge is 2.22. The number of hydrogen-bond donors (Lipinski definition) is 2. The monoisotopic (exact) mass is 306 g/mol. The third kappa shape index (κ3) is 4.22. The molecule has 0 spiro atoms. The Balaban J connectivity index is 2.83. The molecule has 0 fully saturated rings. The van der Waals surface area contributed by atoms with Crippen molar-refractivity contribution in [2.75, 3.05) is 6.54 Å². The van der Waals surface area contributed by atoms with Gasteiger partial charge in [-0.15, -0.1) is 0 Å². The lowest BCUT2D eigenvalue weighted by molar-refractivity contribution is 0.392. The van der Waals surface area contributed by atoms with Crippen LogP contribution in [0.3, 0.4) is 0 Å². The molecule has 20 heavy (non-hydrogen) atoms. The Hall–Kier alpha value is -1.05. The molecule has 0 aliphatic carbocycles. The summed E-state index contributed by atoms with van der Waals surface area (Å²) in [4.78, 5) is -0.700. The molecule has 3 N–H and O–H groups in total. The van der Waals surface area contributed by atoms with Crippen LogP contribution >= 0.6 is 0 Å². The molecule has 1 atom stereocenters. The van der Waals surface area contributed by atoms with Crippen LogP contribution in [-0.2, 0) is 10.0 Å². The van der Waals surface area contributed by atoms with E-state index in [0.717, 1.165) is 25.0 Å². The molecule has 1 rings (SSSR count). The molecule has 0 aliphatic rings. The number of nitrogens with two attached hydrogens (primary N) is 1. The molecule has 0 amide bonds. The van der Waals surface area contributed by atoms with Gasteiger partial charge in [0.1, 0.15) is 16.5 Å². The molecule has 1 aromatic carbocycles. The van der Waals surface area contributed by atoms with Crippen LogP contribution in [0.5, 0.6) is 0 Å². The summed E-state index contributed by atoms with van der Waals surface area (Å²) >= 11 is 0. The van der Waals surface area contributed by atoms with Crippen LogP contribution in [0.4, 0.5) is 8.78 Å². The highest BCUT2D eigenvalue weighted by molar-refractivity contribution is 7.89. The molecule has 0 radical (unpaired) electrons. The SMILES string of the molecule is CCC(CC)C(N)CNS(=O)(=O)c1cc(F)ccc1F. The lowest BCUT2D eigenvalue weighted by atomic mass is 9.95. The van der Waals surface area contributed by atoms with Crippen LogP contribution in [-0.4, -0.2) is 21.0 Å². The molecule has 0 aliphatic heterocycles. The molecule has 114 valence electrons. The van der Waals surface area contributed by atoms with Gasteiger partial charge in [-0.05, 0) is 24.1 Å². The maximum absolute atomic E-state index is 13.5. The van der Waals surface area contributed by atoms with Crippen molar-refractivity contribution in [2.45, 2.75) is 37.6 Å². The van der Waals surface area contributed by atoms with Gasteiger partial charge >= 0.3 is 0 Å². The lowest BCUT2D eigenvalue weighted by Gasteiger charge is -2.21. The van der Waals surface area contributed by atoms with Crippen molar-refractivity contribution in [1.29, 1.82) is 0 Å². The van der Waals surface area contributed by atoms with Gasteiger partial charge in [0, 0.05) is 12.6 Å². The molecule has 1 unspecified atom stereocenters. The van der Waals surface area contributed by atoms with E-state index in [1.54, 1.807) is 0 Å². The zero-order valence-electron chi connectivity index (χ0n) is 11.6. The van der Waals surface area contributed by atoms with Crippen molar-refractivity contribution in [3.63, 3.8) is 0 Å². The first kappa shape index (κ1) is 17.0. The largest absolute Gasteiger partial charge is 0.326 e. The summed E-state index contributed by atoms with van der Waals surface area (Å²) in [5.41, 5.74) is 5.90. The van der Waals surface area contributed by atoms with E-state index < -0.39 is 26.6 Å². The third-order valence-corrected chi connectivity index (χ3v) is 4.78. The summed E-state index contributed by atoms with van der Waals surface area (Å²) < 4.78 is 52.6. The second-order valence-electron chi connectivity index (χ2n) is 4.67. The fourth-order valence-corrected chi connectivity index (χ4v) is 3.19. The summed E-state index contributed by atoms with van der Waals surface area (Å²) in [5.74, 6) is -1.62. The van der Waals surface area contributed by atoms with E-state index in [4.69, 9.17) is 5.73 Å². The molecule has 7 heteroatoms. The smallest absolute Gasteiger partial charge is 0.243 e. The summed E-state index contributed by atoms with van der Waals surface area (Å²) in [5, 5.41) is 0. The van der Waals surface area contributed by atoms with Crippen LogP contribution in [0.15, 0.2) is 23.1 Å². The average molecular weight is 306 g/mol. The highest BCUT2D eigenvalue weighted by atomic mass is 32.2. The molecule has 4 nitrogen and oxygen atoms in total. The minimum absolute atomic E-state index is 0.00929. The van der Waals surface area contributed by atoms with E-state index in [9.17, 15) is 17.2 Å². The number of nitrogens with one attached hydrogen (secondary N) is 1. The topological polar surface area (TPSA) is 72.2 Å². The van der Waals surface area contributed by atoms with E-state index in [-0.39, 0.29) is 18.5 Å². The van der Waals surface area contributed by atoms with Gasteiger partial charge in [-0.1, -0.05) is 26.7 Å². The Kier molecular flexibility index (Phi) is 6.04. The minimum atomic E-state index is -4.10. The zero-order chi connectivity index (χ0) is 15.3. The van der Waals surface area contributed by atoms with Crippen LogP contribution in [0.2, 0.25) is 0 Å². The van der Waals surface area contributed by atoms with Crippen molar-refractivity contribution < 1.29 is 17.2 Å². The van der Waals surface area contributed by atoms with E-state index >= 15 is 0 Å². The lowest BCUT2D eigenvalue weighted by Crippen LogP contribution is -2.42. The average Bonchev–Trinajstić information content (AvgIpc) is 2.40.